The molecule has 2 heterocycles. The Kier molecular flexibility index (Phi) is 3.04. The normalized spacial score (nSPS) is 10.6. The van der Waals surface area contributed by atoms with Crippen LogP contribution in [-0.2, 0) is 6.54 Å². The Morgan fingerprint density at radius 2 is 2.05 bits per heavy atom. The van der Waals surface area contributed by atoms with Gasteiger partial charge in [0.15, 0.2) is 5.58 Å². The molecule has 0 bridgehead atoms. The molecule has 2 aromatic heterocycles. The van der Waals surface area contributed by atoms with Crippen LogP contribution in [0.3, 0.4) is 0 Å². The zero-order chi connectivity index (χ0) is 13.9. The summed E-state index contributed by atoms with van der Waals surface area (Å²) in [5.74, 6) is -0.661. The predicted molar refractivity (Wildman–Crippen MR) is 72.2 cm³/mol. The third-order valence-corrected chi connectivity index (χ3v) is 2.88. The van der Waals surface area contributed by atoms with Crippen LogP contribution in [0.5, 0.6) is 0 Å². The highest BCUT2D eigenvalue weighted by Crippen LogP contribution is 2.12. The lowest BCUT2D eigenvalue weighted by Gasteiger charge is -2.05. The SMILES string of the molecule is O=C(NCc1ccc2oc(=O)[nH]c2c1)c1ccncc1. The molecule has 6 nitrogen and oxygen atoms in total. The maximum Gasteiger partial charge on any atom is 0.417 e. The molecule has 0 radical (unpaired) electrons. The van der Waals surface area contributed by atoms with E-state index >= 15 is 0 Å². The number of rotatable bonds is 3. The fraction of sp³-hybridized carbons (Fsp3) is 0.0714. The van der Waals surface area contributed by atoms with Gasteiger partial charge in [-0.05, 0) is 29.8 Å². The van der Waals surface area contributed by atoms with Crippen molar-refractivity contribution in [1.82, 2.24) is 15.3 Å². The lowest BCUT2D eigenvalue weighted by Crippen LogP contribution is -2.22. The van der Waals surface area contributed by atoms with Crippen LogP contribution < -0.4 is 11.1 Å². The first-order chi connectivity index (χ1) is 9.72. The van der Waals surface area contributed by atoms with E-state index in [1.165, 1.54) is 0 Å². The van der Waals surface area contributed by atoms with Crippen molar-refractivity contribution < 1.29 is 9.21 Å². The average molecular weight is 269 g/mol. The molecule has 0 saturated carbocycles. The number of aromatic nitrogens is 2. The van der Waals surface area contributed by atoms with Gasteiger partial charge in [-0.2, -0.15) is 0 Å². The van der Waals surface area contributed by atoms with Gasteiger partial charge < -0.3 is 9.73 Å². The Hall–Kier alpha value is -2.89. The van der Waals surface area contributed by atoms with E-state index in [9.17, 15) is 9.59 Å². The number of carbonyl (C=O) groups excluding carboxylic acids is 1. The molecule has 1 aromatic carbocycles. The number of fused-ring (bicyclic) bond motifs is 1. The number of amides is 1. The number of pyridine rings is 1. The van der Waals surface area contributed by atoms with Gasteiger partial charge >= 0.3 is 5.76 Å². The summed E-state index contributed by atoms with van der Waals surface area (Å²) in [5, 5.41) is 2.80. The first kappa shape index (κ1) is 12.2. The fourth-order valence-corrected chi connectivity index (χ4v) is 1.90. The number of nitrogens with zero attached hydrogens (tertiary/aromatic N) is 1. The lowest BCUT2D eigenvalue weighted by atomic mass is 10.2. The van der Waals surface area contributed by atoms with Gasteiger partial charge in [0.2, 0.25) is 0 Å². The van der Waals surface area contributed by atoms with Gasteiger partial charge in [-0.15, -0.1) is 0 Å². The zero-order valence-electron chi connectivity index (χ0n) is 10.4. The standard InChI is InChI=1S/C14H11N3O3/c18-13(10-3-5-15-6-4-10)16-8-9-1-2-12-11(7-9)17-14(19)20-12/h1-7H,8H2,(H,16,18)(H,17,19). The number of benzene rings is 1. The topological polar surface area (TPSA) is 88.0 Å². The van der Waals surface area contributed by atoms with Crippen LogP contribution in [0.25, 0.3) is 11.1 Å². The van der Waals surface area contributed by atoms with Gasteiger partial charge in [-0.3, -0.25) is 14.8 Å². The third kappa shape index (κ3) is 2.44. The number of nitrogens with one attached hydrogen (secondary N) is 2. The van der Waals surface area contributed by atoms with E-state index in [4.69, 9.17) is 4.42 Å². The van der Waals surface area contributed by atoms with Crippen LogP contribution in [-0.4, -0.2) is 15.9 Å². The van der Waals surface area contributed by atoms with Crippen LogP contribution in [0.1, 0.15) is 15.9 Å². The molecule has 0 aliphatic carbocycles. The Morgan fingerprint density at radius 3 is 2.85 bits per heavy atom. The highest BCUT2D eigenvalue weighted by Gasteiger charge is 2.06. The van der Waals surface area contributed by atoms with Crippen molar-refractivity contribution >= 4 is 17.0 Å². The van der Waals surface area contributed by atoms with Crippen molar-refractivity contribution in [3.63, 3.8) is 0 Å². The van der Waals surface area contributed by atoms with Crippen LogP contribution in [0, 0.1) is 0 Å². The fourth-order valence-electron chi connectivity index (χ4n) is 1.90. The minimum Gasteiger partial charge on any atom is -0.408 e. The molecule has 0 fully saturated rings. The van der Waals surface area contributed by atoms with Gasteiger partial charge in [0.25, 0.3) is 5.91 Å². The second-order valence-corrected chi connectivity index (χ2v) is 4.26. The molecule has 0 aliphatic heterocycles. The molecule has 0 unspecified atom stereocenters. The summed E-state index contributed by atoms with van der Waals surface area (Å²) in [5.41, 5.74) is 2.54. The molecule has 1 amide bonds. The molecule has 100 valence electrons. The number of hydrogen-bond donors (Lipinski definition) is 2. The number of aromatic amines is 1. The first-order valence-electron chi connectivity index (χ1n) is 6.02. The monoisotopic (exact) mass is 269 g/mol. The average Bonchev–Trinajstić information content (AvgIpc) is 2.85. The maximum atomic E-state index is 11.9. The summed E-state index contributed by atoms with van der Waals surface area (Å²) in [6.45, 7) is 0.365. The van der Waals surface area contributed by atoms with Crippen LogP contribution in [0.2, 0.25) is 0 Å². The van der Waals surface area contributed by atoms with E-state index < -0.39 is 5.76 Å². The smallest absolute Gasteiger partial charge is 0.408 e. The summed E-state index contributed by atoms with van der Waals surface area (Å²) in [4.78, 5) is 29.4. The van der Waals surface area contributed by atoms with Gasteiger partial charge in [0.1, 0.15) is 0 Å². The molecular formula is C14H11N3O3. The van der Waals surface area contributed by atoms with E-state index in [0.717, 1.165) is 5.56 Å². The van der Waals surface area contributed by atoms with Gasteiger partial charge in [0.05, 0.1) is 5.52 Å². The number of hydrogen-bond acceptors (Lipinski definition) is 4. The molecule has 0 aliphatic rings. The van der Waals surface area contributed by atoms with Crippen LogP contribution >= 0.6 is 0 Å². The molecule has 3 aromatic rings. The lowest BCUT2D eigenvalue weighted by molar-refractivity contribution is 0.0951. The maximum absolute atomic E-state index is 11.9. The molecule has 3 rings (SSSR count). The van der Waals surface area contributed by atoms with Crippen molar-refractivity contribution in [2.24, 2.45) is 0 Å². The quantitative estimate of drug-likeness (QED) is 0.753. The summed E-state index contributed by atoms with van der Waals surface area (Å²) in [6, 6.07) is 8.55. The molecule has 20 heavy (non-hydrogen) atoms. The molecule has 0 atom stereocenters. The van der Waals surface area contributed by atoms with E-state index in [2.05, 4.69) is 15.3 Å². The van der Waals surface area contributed by atoms with Crippen LogP contribution in [0.15, 0.2) is 51.9 Å². The highest BCUT2D eigenvalue weighted by molar-refractivity contribution is 5.93. The van der Waals surface area contributed by atoms with E-state index in [1.54, 1.807) is 42.7 Å². The van der Waals surface area contributed by atoms with Gasteiger partial charge in [0, 0.05) is 24.5 Å². The largest absolute Gasteiger partial charge is 0.417 e. The summed E-state index contributed by atoms with van der Waals surface area (Å²) in [7, 11) is 0. The zero-order valence-corrected chi connectivity index (χ0v) is 10.4. The van der Waals surface area contributed by atoms with E-state index in [0.29, 0.717) is 23.2 Å². The van der Waals surface area contributed by atoms with Crippen molar-refractivity contribution in [3.8, 4) is 0 Å². The van der Waals surface area contributed by atoms with Crippen molar-refractivity contribution in [2.45, 2.75) is 6.54 Å². The summed E-state index contributed by atoms with van der Waals surface area (Å²) < 4.78 is 4.91. The summed E-state index contributed by atoms with van der Waals surface area (Å²) >= 11 is 0. The molecule has 6 heteroatoms. The van der Waals surface area contributed by atoms with Crippen molar-refractivity contribution in [1.29, 1.82) is 0 Å². The molecule has 0 saturated heterocycles. The number of H-pyrrole nitrogens is 1. The van der Waals surface area contributed by atoms with Crippen molar-refractivity contribution in [3.05, 3.63) is 64.4 Å². The minimum atomic E-state index is -0.488. The number of carbonyl (C=O) groups is 1. The molecular weight excluding hydrogens is 258 g/mol. The van der Waals surface area contributed by atoms with E-state index in [1.807, 2.05) is 0 Å². The summed E-state index contributed by atoms with van der Waals surface area (Å²) in [6.07, 6.45) is 3.13. The Labute approximate surface area is 113 Å². The van der Waals surface area contributed by atoms with Gasteiger partial charge in [-0.1, -0.05) is 6.07 Å². The van der Waals surface area contributed by atoms with E-state index in [-0.39, 0.29) is 5.91 Å². The first-order valence-corrected chi connectivity index (χ1v) is 6.02. The second kappa shape index (κ2) is 5.00. The van der Waals surface area contributed by atoms with Crippen molar-refractivity contribution in [2.75, 3.05) is 0 Å². The Bertz CT molecular complexity index is 805. The Morgan fingerprint density at radius 1 is 1.25 bits per heavy atom. The highest BCUT2D eigenvalue weighted by atomic mass is 16.4. The molecule has 0 spiro atoms. The predicted octanol–water partition coefficient (Wildman–Crippen LogP) is 1.45. The third-order valence-electron chi connectivity index (χ3n) is 2.88. The second-order valence-electron chi connectivity index (χ2n) is 4.26. The minimum absolute atomic E-state index is 0.173. The Balaban J connectivity index is 1.73. The number of oxazole rings is 1. The molecule has 2 N–H and O–H groups in total. The van der Waals surface area contributed by atoms with Crippen LogP contribution in [0.4, 0.5) is 0 Å². The van der Waals surface area contributed by atoms with Gasteiger partial charge in [-0.25, -0.2) is 4.79 Å².